The lowest BCUT2D eigenvalue weighted by molar-refractivity contribution is -0.123. The minimum atomic E-state index is -0.316. The summed E-state index contributed by atoms with van der Waals surface area (Å²) in [7, 11) is 1.69. The van der Waals surface area contributed by atoms with Gasteiger partial charge in [0.2, 0.25) is 5.91 Å². The van der Waals surface area contributed by atoms with E-state index in [1.165, 1.54) is 11.1 Å². The van der Waals surface area contributed by atoms with Gasteiger partial charge < -0.3 is 20.3 Å². The van der Waals surface area contributed by atoms with E-state index in [1.807, 2.05) is 11.0 Å². The molecule has 2 aromatic rings. The Morgan fingerprint density at radius 1 is 1.20 bits per heavy atom. The Kier molecular flexibility index (Phi) is 9.90. The van der Waals surface area contributed by atoms with E-state index in [-0.39, 0.29) is 34.4 Å². The highest BCUT2D eigenvalue weighted by molar-refractivity contribution is 6.01. The van der Waals surface area contributed by atoms with Gasteiger partial charge in [-0.3, -0.25) is 9.59 Å². The van der Waals surface area contributed by atoms with Gasteiger partial charge in [0.05, 0.1) is 11.5 Å². The molecule has 1 saturated heterocycles. The number of hydrogen-bond donors (Lipinski definition) is 2. The van der Waals surface area contributed by atoms with E-state index in [2.05, 4.69) is 74.5 Å². The number of para-hydroxylation sites is 1. The molecule has 1 aromatic carbocycles. The second-order valence-electron chi connectivity index (χ2n) is 14.4. The van der Waals surface area contributed by atoms with E-state index < -0.39 is 0 Å². The topological polar surface area (TPSA) is 96.5 Å². The van der Waals surface area contributed by atoms with Gasteiger partial charge in [-0.2, -0.15) is 0 Å². The first-order valence-electron chi connectivity index (χ1n) is 16.5. The van der Waals surface area contributed by atoms with Crippen LogP contribution in [0.25, 0.3) is 0 Å². The van der Waals surface area contributed by atoms with Crippen molar-refractivity contribution in [3.63, 3.8) is 0 Å². The molecule has 8 nitrogen and oxygen atoms in total. The van der Waals surface area contributed by atoms with Crippen LogP contribution in [0.3, 0.4) is 0 Å². The quantitative estimate of drug-likeness (QED) is 0.176. The average molecular weight is 602 g/mol. The van der Waals surface area contributed by atoms with E-state index in [0.717, 1.165) is 50.9 Å². The van der Waals surface area contributed by atoms with Crippen LogP contribution in [0.1, 0.15) is 88.5 Å². The van der Waals surface area contributed by atoms with Crippen LogP contribution in [0.5, 0.6) is 0 Å². The lowest BCUT2D eigenvalue weighted by Crippen LogP contribution is -2.49. The largest absolute Gasteiger partial charge is 0.385 e. The summed E-state index contributed by atoms with van der Waals surface area (Å²) in [5, 5.41) is 7.00. The first-order chi connectivity index (χ1) is 21.0. The molecule has 0 radical (unpaired) electrons. The van der Waals surface area contributed by atoms with E-state index in [0.29, 0.717) is 49.2 Å². The number of ketones is 1. The summed E-state index contributed by atoms with van der Waals surface area (Å²) in [5.74, 6) is 2.11. The number of fused-ring (bicyclic) bond motifs is 1. The van der Waals surface area contributed by atoms with Gasteiger partial charge in [-0.25, -0.2) is 9.97 Å². The predicted octanol–water partition coefficient (Wildman–Crippen LogP) is 5.97. The summed E-state index contributed by atoms with van der Waals surface area (Å²) in [6.07, 6.45) is 8.97. The fraction of sp³-hybridized carbons (Fsp3) is 0.611. The maximum absolute atomic E-state index is 14.2. The number of aryl methyl sites for hydroxylation is 1. The molecule has 8 heteroatoms. The number of Topliss-reactive ketones (excluding diaryl/α,β-unsaturated/α-hetero) is 1. The number of carbonyl (C=O) groups excluding carboxylic acids is 2. The number of benzene rings is 1. The maximum atomic E-state index is 14.2. The molecule has 1 amide bonds. The number of ether oxygens (including phenoxy) is 1. The number of piperidine rings is 1. The van der Waals surface area contributed by atoms with Gasteiger partial charge in [0, 0.05) is 62.5 Å². The number of nitrogens with zero attached hydrogens (tertiary/aromatic N) is 3. The molecule has 2 N–H and O–H groups in total. The number of aromatic nitrogens is 2. The summed E-state index contributed by atoms with van der Waals surface area (Å²) >= 11 is 0. The lowest BCUT2D eigenvalue weighted by Gasteiger charge is -2.39. The van der Waals surface area contributed by atoms with Gasteiger partial charge in [0.15, 0.2) is 5.78 Å². The smallest absolute Gasteiger partial charge is 0.231 e. The highest BCUT2D eigenvalue weighted by Crippen LogP contribution is 2.58. The van der Waals surface area contributed by atoms with Gasteiger partial charge in [0.1, 0.15) is 11.6 Å². The van der Waals surface area contributed by atoms with Crippen LogP contribution in [0.15, 0.2) is 42.1 Å². The molecule has 2 aliphatic heterocycles. The van der Waals surface area contributed by atoms with Crippen LogP contribution >= 0.6 is 0 Å². The van der Waals surface area contributed by atoms with E-state index in [4.69, 9.17) is 9.72 Å². The molecule has 0 spiro atoms. The van der Waals surface area contributed by atoms with Gasteiger partial charge in [-0.05, 0) is 62.1 Å². The first-order valence-corrected chi connectivity index (χ1v) is 16.5. The van der Waals surface area contributed by atoms with Crippen molar-refractivity contribution >= 4 is 23.2 Å². The highest BCUT2D eigenvalue weighted by atomic mass is 16.5. The van der Waals surface area contributed by atoms with Crippen LogP contribution in [0, 0.1) is 23.2 Å². The summed E-state index contributed by atoms with van der Waals surface area (Å²) in [4.78, 5) is 39.6. The summed E-state index contributed by atoms with van der Waals surface area (Å²) < 4.78 is 5.22. The van der Waals surface area contributed by atoms with Crippen molar-refractivity contribution < 1.29 is 14.3 Å². The van der Waals surface area contributed by atoms with Gasteiger partial charge >= 0.3 is 0 Å². The second kappa shape index (κ2) is 13.5. The van der Waals surface area contributed by atoms with Crippen LogP contribution in [0.4, 0.5) is 11.5 Å². The molecular weight excluding hydrogens is 550 g/mol. The van der Waals surface area contributed by atoms with Crippen molar-refractivity contribution in [1.82, 2.24) is 15.3 Å². The lowest BCUT2D eigenvalue weighted by atomic mass is 9.72. The number of rotatable bonds is 12. The molecule has 1 aromatic heterocycles. The van der Waals surface area contributed by atoms with E-state index in [1.54, 1.807) is 13.3 Å². The molecule has 3 aliphatic rings. The number of hydrogen-bond acceptors (Lipinski definition) is 7. The molecule has 44 heavy (non-hydrogen) atoms. The summed E-state index contributed by atoms with van der Waals surface area (Å²) in [6.45, 7) is 14.2. The standard InChI is InChI=1S/C36H51N5O3/c1-24(2)17-27-19-36(27,20-31(42)29-23-39-34(35(3,4)5)40-32(29)38-14-10-16-44-6)28-18-26(21-37-22-28)33(43)41-15-9-12-25-11-7-8-13-30(25)41/h7-8,11,13,19,23-24,26,28,37H,9-10,12,14-18,20-22H2,1-6H3,(H,38,39,40)/t26-,28+,36?/m1/s1. The molecular formula is C36H51N5O3. The van der Waals surface area contributed by atoms with Gasteiger partial charge in [0.25, 0.3) is 0 Å². The Labute approximate surface area is 263 Å². The summed E-state index contributed by atoms with van der Waals surface area (Å²) in [6, 6.07) is 8.31. The predicted molar refractivity (Wildman–Crippen MR) is 176 cm³/mol. The Morgan fingerprint density at radius 2 is 2.00 bits per heavy atom. The Balaban J connectivity index is 1.37. The number of methoxy groups -OCH3 is 1. The number of anilines is 2. The number of allylic oxidation sites excluding steroid dienone is 2. The van der Waals surface area contributed by atoms with Crippen molar-refractivity contribution in [3.05, 3.63) is 59.1 Å². The molecule has 1 fully saturated rings. The van der Waals surface area contributed by atoms with E-state index in [9.17, 15) is 9.59 Å². The normalized spacial score (nSPS) is 23.2. The fourth-order valence-corrected chi connectivity index (χ4v) is 7.02. The molecule has 238 valence electrons. The Morgan fingerprint density at radius 3 is 2.75 bits per heavy atom. The maximum Gasteiger partial charge on any atom is 0.231 e. The summed E-state index contributed by atoms with van der Waals surface area (Å²) in [5.41, 5.74) is 3.65. The average Bonchev–Trinajstić information content (AvgIpc) is 3.69. The van der Waals surface area contributed by atoms with Crippen LogP contribution in [-0.4, -0.2) is 61.6 Å². The Bertz CT molecular complexity index is 1380. The van der Waals surface area contributed by atoms with Crippen LogP contribution < -0.4 is 15.5 Å². The van der Waals surface area contributed by atoms with Crippen molar-refractivity contribution in [3.8, 4) is 0 Å². The minimum Gasteiger partial charge on any atom is -0.385 e. The molecule has 1 unspecified atom stereocenters. The number of amides is 1. The zero-order valence-corrected chi connectivity index (χ0v) is 27.5. The fourth-order valence-electron chi connectivity index (χ4n) is 7.02. The minimum absolute atomic E-state index is 0.0492. The van der Waals surface area contributed by atoms with E-state index >= 15 is 0 Å². The van der Waals surface area contributed by atoms with Crippen molar-refractivity contribution in [2.24, 2.45) is 23.2 Å². The molecule has 3 heterocycles. The van der Waals surface area contributed by atoms with Crippen molar-refractivity contribution in [2.75, 3.05) is 50.1 Å². The second-order valence-corrected chi connectivity index (χ2v) is 14.4. The zero-order chi connectivity index (χ0) is 31.5. The Hall–Kier alpha value is -3.10. The first kappa shape index (κ1) is 32.3. The molecule has 5 rings (SSSR count). The monoisotopic (exact) mass is 601 g/mol. The zero-order valence-electron chi connectivity index (χ0n) is 27.5. The molecule has 1 aliphatic carbocycles. The molecule has 0 saturated carbocycles. The van der Waals surface area contributed by atoms with Crippen LogP contribution in [0.2, 0.25) is 0 Å². The van der Waals surface area contributed by atoms with Gasteiger partial charge in [-0.1, -0.05) is 64.5 Å². The third kappa shape index (κ3) is 7.07. The van der Waals surface area contributed by atoms with Gasteiger partial charge in [-0.15, -0.1) is 0 Å². The molecule has 3 atom stereocenters. The highest BCUT2D eigenvalue weighted by Gasteiger charge is 2.53. The number of carbonyl (C=O) groups is 2. The molecule has 0 bridgehead atoms. The van der Waals surface area contributed by atoms with Crippen molar-refractivity contribution in [1.29, 1.82) is 0 Å². The third-order valence-corrected chi connectivity index (χ3v) is 9.41. The SMILES string of the molecule is COCCCNc1nc(C(C)(C)C)ncc1C(=O)CC1([C@@H]2CNC[C@H](C(=O)N3CCCc4ccccc43)C2)C=C1CC(C)C. The van der Waals surface area contributed by atoms with Crippen molar-refractivity contribution in [2.45, 2.75) is 78.6 Å². The number of nitrogens with one attached hydrogen (secondary N) is 2. The third-order valence-electron chi connectivity index (χ3n) is 9.41. The van der Waals surface area contributed by atoms with Crippen LogP contribution in [-0.2, 0) is 21.4 Å².